The van der Waals surface area contributed by atoms with Gasteiger partial charge in [0, 0.05) is 18.8 Å². The molecule has 0 aliphatic carbocycles. The van der Waals surface area contributed by atoms with Crippen molar-refractivity contribution in [2.45, 2.75) is 23.9 Å². The summed E-state index contributed by atoms with van der Waals surface area (Å²) in [6, 6.07) is 12.6. The van der Waals surface area contributed by atoms with Crippen LogP contribution in [0.5, 0.6) is 0 Å². The maximum Gasteiger partial charge on any atom is 0.417 e. The molecule has 0 radical (unpaired) electrons. The van der Waals surface area contributed by atoms with E-state index in [1.54, 1.807) is 30.3 Å². The molecule has 1 heterocycles. The van der Waals surface area contributed by atoms with Gasteiger partial charge in [-0.3, -0.25) is 9.59 Å². The summed E-state index contributed by atoms with van der Waals surface area (Å²) in [5.74, 6) is -1.82. The van der Waals surface area contributed by atoms with E-state index >= 15 is 0 Å². The Hall–Kier alpha value is -2.92. The van der Waals surface area contributed by atoms with Crippen LogP contribution < -0.4 is 5.32 Å². The Labute approximate surface area is 183 Å². The van der Waals surface area contributed by atoms with E-state index in [2.05, 4.69) is 5.32 Å². The van der Waals surface area contributed by atoms with E-state index in [-0.39, 0.29) is 25.9 Å². The number of nitrogens with zero attached hydrogens (tertiary/aromatic N) is 1. The number of halogens is 3. The number of hydrogen-bond acceptors (Lipinski definition) is 5. The van der Waals surface area contributed by atoms with Crippen molar-refractivity contribution in [2.75, 3.05) is 25.0 Å². The van der Waals surface area contributed by atoms with Crippen molar-refractivity contribution in [3.05, 3.63) is 60.2 Å². The van der Waals surface area contributed by atoms with Crippen molar-refractivity contribution in [1.82, 2.24) is 4.31 Å². The third-order valence-electron chi connectivity index (χ3n) is 5.00. The van der Waals surface area contributed by atoms with E-state index in [9.17, 15) is 31.2 Å². The van der Waals surface area contributed by atoms with Gasteiger partial charge in [0.05, 0.1) is 16.4 Å². The first-order valence-electron chi connectivity index (χ1n) is 9.77. The SMILES string of the molecule is O=C(COC(=O)C1CCN(S(=O)(=O)c2ccccc2C(F)(F)F)CC1)Nc1ccccc1. The van der Waals surface area contributed by atoms with Gasteiger partial charge in [0.25, 0.3) is 5.91 Å². The lowest BCUT2D eigenvalue weighted by Gasteiger charge is -2.30. The van der Waals surface area contributed by atoms with Crippen molar-refractivity contribution >= 4 is 27.6 Å². The van der Waals surface area contributed by atoms with Gasteiger partial charge in [0.1, 0.15) is 0 Å². The highest BCUT2D eigenvalue weighted by Gasteiger charge is 2.40. The third-order valence-corrected chi connectivity index (χ3v) is 6.96. The van der Waals surface area contributed by atoms with E-state index in [4.69, 9.17) is 4.74 Å². The Bertz CT molecular complexity index is 1070. The molecule has 0 unspecified atom stereocenters. The largest absolute Gasteiger partial charge is 0.455 e. The van der Waals surface area contributed by atoms with Crippen LogP contribution in [0.4, 0.5) is 18.9 Å². The normalized spacial score (nSPS) is 15.8. The van der Waals surface area contributed by atoms with Gasteiger partial charge in [-0.05, 0) is 37.1 Å². The lowest BCUT2D eigenvalue weighted by molar-refractivity contribution is -0.152. The number of hydrogen-bond donors (Lipinski definition) is 1. The van der Waals surface area contributed by atoms with Crippen LogP contribution in [0.25, 0.3) is 0 Å². The van der Waals surface area contributed by atoms with Crippen LogP contribution >= 0.6 is 0 Å². The Morgan fingerprint density at radius 1 is 1.00 bits per heavy atom. The lowest BCUT2D eigenvalue weighted by atomic mass is 9.98. The molecule has 2 aromatic rings. The summed E-state index contributed by atoms with van der Waals surface area (Å²) in [7, 11) is -4.39. The number of ether oxygens (including phenoxy) is 1. The number of amides is 1. The average molecular weight is 470 g/mol. The first-order chi connectivity index (χ1) is 15.1. The summed E-state index contributed by atoms with van der Waals surface area (Å²) in [6.45, 7) is -0.764. The smallest absolute Gasteiger partial charge is 0.417 e. The fourth-order valence-electron chi connectivity index (χ4n) is 3.37. The Morgan fingerprint density at radius 3 is 2.22 bits per heavy atom. The molecule has 0 aromatic heterocycles. The van der Waals surface area contributed by atoms with Gasteiger partial charge in [-0.2, -0.15) is 17.5 Å². The topological polar surface area (TPSA) is 92.8 Å². The number of rotatable bonds is 6. The number of sulfonamides is 1. The van der Waals surface area contributed by atoms with Crippen molar-refractivity contribution in [1.29, 1.82) is 0 Å². The number of carbonyl (C=O) groups excluding carboxylic acids is 2. The van der Waals surface area contributed by atoms with Gasteiger partial charge in [-0.1, -0.05) is 30.3 Å². The van der Waals surface area contributed by atoms with Gasteiger partial charge in [-0.15, -0.1) is 0 Å². The minimum atomic E-state index is -4.81. The fraction of sp³-hybridized carbons (Fsp3) is 0.333. The summed E-state index contributed by atoms with van der Waals surface area (Å²) in [5.41, 5.74) is -0.683. The monoisotopic (exact) mass is 470 g/mol. The highest BCUT2D eigenvalue weighted by atomic mass is 32.2. The molecular weight excluding hydrogens is 449 g/mol. The Balaban J connectivity index is 1.55. The minimum Gasteiger partial charge on any atom is -0.455 e. The summed E-state index contributed by atoms with van der Waals surface area (Å²) in [6.07, 6.45) is -4.66. The highest BCUT2D eigenvalue weighted by molar-refractivity contribution is 7.89. The van der Waals surface area contributed by atoms with Crippen molar-refractivity contribution in [3.8, 4) is 0 Å². The number of esters is 1. The molecule has 0 saturated carbocycles. The number of carbonyl (C=O) groups is 2. The van der Waals surface area contributed by atoms with Crippen LogP contribution in [-0.2, 0) is 30.5 Å². The molecule has 1 N–H and O–H groups in total. The van der Waals surface area contributed by atoms with Crippen LogP contribution in [0.15, 0.2) is 59.5 Å². The van der Waals surface area contributed by atoms with Gasteiger partial charge < -0.3 is 10.1 Å². The predicted octanol–water partition coefficient (Wildman–Crippen LogP) is 3.29. The first kappa shape index (κ1) is 23.7. The van der Waals surface area contributed by atoms with Crippen molar-refractivity contribution in [2.24, 2.45) is 5.92 Å². The van der Waals surface area contributed by atoms with Gasteiger partial charge >= 0.3 is 12.1 Å². The second-order valence-corrected chi connectivity index (χ2v) is 9.10. The number of para-hydroxylation sites is 1. The molecule has 7 nitrogen and oxygen atoms in total. The second-order valence-electron chi connectivity index (χ2n) is 7.19. The maximum absolute atomic E-state index is 13.2. The fourth-order valence-corrected chi connectivity index (χ4v) is 5.05. The predicted molar refractivity (Wildman–Crippen MR) is 109 cm³/mol. The summed E-state index contributed by atoms with van der Waals surface area (Å²) >= 11 is 0. The molecule has 11 heteroatoms. The van der Waals surface area contributed by atoms with Crippen molar-refractivity contribution in [3.63, 3.8) is 0 Å². The van der Waals surface area contributed by atoms with Crippen LogP contribution in [0.3, 0.4) is 0 Å². The molecule has 0 bridgehead atoms. The van der Waals surface area contributed by atoms with Crippen LogP contribution in [0, 0.1) is 5.92 Å². The molecule has 0 atom stereocenters. The molecule has 1 saturated heterocycles. The molecule has 1 aliphatic heterocycles. The number of nitrogens with one attached hydrogen (secondary N) is 1. The Kier molecular flexibility index (Phi) is 7.19. The van der Waals surface area contributed by atoms with Crippen LogP contribution in [-0.4, -0.2) is 44.3 Å². The molecule has 32 heavy (non-hydrogen) atoms. The molecule has 2 aromatic carbocycles. The molecule has 172 valence electrons. The third kappa shape index (κ3) is 5.65. The van der Waals surface area contributed by atoms with E-state index in [0.717, 1.165) is 22.5 Å². The minimum absolute atomic E-state index is 0.0759. The van der Waals surface area contributed by atoms with Gasteiger partial charge in [0.2, 0.25) is 10.0 Å². The summed E-state index contributed by atoms with van der Waals surface area (Å²) < 4.78 is 71.2. The van der Waals surface area contributed by atoms with Gasteiger partial charge in [0.15, 0.2) is 6.61 Å². The number of anilines is 1. The molecular formula is C21H21F3N2O5S. The maximum atomic E-state index is 13.2. The molecule has 0 spiro atoms. The van der Waals surface area contributed by atoms with Crippen LogP contribution in [0.2, 0.25) is 0 Å². The standard InChI is InChI=1S/C21H21F3N2O5S/c22-21(23,24)17-8-4-5-9-18(17)32(29,30)26-12-10-15(11-13-26)20(28)31-14-19(27)25-16-6-2-1-3-7-16/h1-9,15H,10-14H2,(H,25,27). The zero-order valence-electron chi connectivity index (χ0n) is 16.8. The lowest BCUT2D eigenvalue weighted by Crippen LogP contribution is -2.41. The van der Waals surface area contributed by atoms with E-state index in [0.29, 0.717) is 5.69 Å². The first-order valence-corrected chi connectivity index (χ1v) is 11.2. The number of alkyl halides is 3. The summed E-state index contributed by atoms with van der Waals surface area (Å²) in [4.78, 5) is 23.3. The zero-order chi connectivity index (χ0) is 23.4. The van der Waals surface area contributed by atoms with Crippen LogP contribution in [0.1, 0.15) is 18.4 Å². The molecule has 1 amide bonds. The molecule has 1 aliphatic rings. The van der Waals surface area contributed by atoms with E-state index in [1.165, 1.54) is 6.07 Å². The Morgan fingerprint density at radius 2 is 1.59 bits per heavy atom. The number of piperidine rings is 1. The average Bonchev–Trinajstić information content (AvgIpc) is 2.77. The number of benzene rings is 2. The summed E-state index contributed by atoms with van der Waals surface area (Å²) in [5, 5.41) is 2.57. The zero-order valence-corrected chi connectivity index (χ0v) is 17.7. The van der Waals surface area contributed by atoms with Crippen molar-refractivity contribution < 1.29 is 35.9 Å². The molecule has 1 fully saturated rings. The van der Waals surface area contributed by atoms with E-state index in [1.807, 2.05) is 0 Å². The second kappa shape index (κ2) is 9.70. The van der Waals surface area contributed by atoms with Gasteiger partial charge in [-0.25, -0.2) is 8.42 Å². The van der Waals surface area contributed by atoms with E-state index < -0.39 is 51.1 Å². The molecule has 3 rings (SSSR count). The highest BCUT2D eigenvalue weighted by Crippen LogP contribution is 2.36. The quantitative estimate of drug-likeness (QED) is 0.654.